The zero-order chi connectivity index (χ0) is 15.7. The highest BCUT2D eigenvalue weighted by molar-refractivity contribution is 5.78. The monoisotopic (exact) mass is 300 g/mol. The normalized spacial score (nSPS) is 15.5. The van der Waals surface area contributed by atoms with Gasteiger partial charge in [-0.2, -0.15) is 0 Å². The van der Waals surface area contributed by atoms with Crippen molar-refractivity contribution in [1.82, 2.24) is 19.9 Å². The summed E-state index contributed by atoms with van der Waals surface area (Å²) in [6.45, 7) is 3.11. The Bertz CT molecular complexity index is 689. The van der Waals surface area contributed by atoms with Crippen LogP contribution in [0.5, 0.6) is 0 Å². The van der Waals surface area contributed by atoms with Crippen LogP contribution in [0.4, 0.5) is 4.39 Å². The summed E-state index contributed by atoms with van der Waals surface area (Å²) in [6, 6.07) is 5.20. The molecule has 2 aromatic rings. The Kier molecular flexibility index (Phi) is 4.07. The second-order valence-corrected chi connectivity index (χ2v) is 6.11. The molecule has 0 bridgehead atoms. The van der Waals surface area contributed by atoms with Gasteiger partial charge < -0.3 is 4.90 Å². The van der Waals surface area contributed by atoms with Gasteiger partial charge in [0, 0.05) is 12.7 Å². The van der Waals surface area contributed by atoms with E-state index in [9.17, 15) is 4.39 Å². The van der Waals surface area contributed by atoms with Crippen molar-refractivity contribution in [3.05, 3.63) is 53.1 Å². The Morgan fingerprint density at radius 2 is 2.18 bits per heavy atom. The molecule has 0 radical (unpaired) electrons. The molecule has 1 atom stereocenters. The number of nitrogens with zero attached hydrogens (tertiary/aromatic N) is 4. The lowest BCUT2D eigenvalue weighted by atomic mass is 9.98. The zero-order valence-electron chi connectivity index (χ0n) is 13.3. The number of hydrogen-bond acceptors (Lipinski definition) is 3. The van der Waals surface area contributed by atoms with E-state index >= 15 is 0 Å². The summed E-state index contributed by atoms with van der Waals surface area (Å²) in [5, 5.41) is 8.04. The molecular formula is C17H21FN4. The molecule has 3 rings (SSSR count). The highest BCUT2D eigenvalue weighted by Gasteiger charge is 2.26. The predicted molar refractivity (Wildman–Crippen MR) is 84.9 cm³/mol. The molecule has 5 heteroatoms. The first-order valence-electron chi connectivity index (χ1n) is 7.57. The maximum absolute atomic E-state index is 13.6. The van der Waals surface area contributed by atoms with E-state index in [1.54, 1.807) is 18.3 Å². The Morgan fingerprint density at radius 3 is 2.86 bits per heavy atom. The van der Waals surface area contributed by atoms with Crippen molar-refractivity contribution in [2.75, 3.05) is 20.6 Å². The molecule has 4 nitrogen and oxygen atoms in total. The molecule has 1 unspecified atom stereocenters. The summed E-state index contributed by atoms with van der Waals surface area (Å²) in [4.78, 5) is 2.17. The quantitative estimate of drug-likeness (QED) is 0.851. The smallest absolute Gasteiger partial charge is 0.123 e. The standard InChI is InChI=1S/C17H21FN4/c1-12(22-9-7-19-20-22)17-13(6-8-21(2)3)10-14-11-15(18)4-5-16(14)17/h4-5,7,9,11-12H,6,8,10H2,1-3H3. The van der Waals surface area contributed by atoms with Gasteiger partial charge in [0.1, 0.15) is 5.82 Å². The van der Waals surface area contributed by atoms with Gasteiger partial charge in [-0.15, -0.1) is 5.10 Å². The lowest BCUT2D eigenvalue weighted by molar-refractivity contribution is 0.412. The van der Waals surface area contributed by atoms with Crippen LogP contribution in [-0.4, -0.2) is 40.5 Å². The fourth-order valence-electron chi connectivity index (χ4n) is 3.15. The van der Waals surface area contributed by atoms with E-state index in [1.807, 2.05) is 16.9 Å². The summed E-state index contributed by atoms with van der Waals surface area (Å²) < 4.78 is 15.4. The third-order valence-electron chi connectivity index (χ3n) is 4.26. The molecule has 0 fully saturated rings. The van der Waals surface area contributed by atoms with Gasteiger partial charge in [0.05, 0.1) is 12.2 Å². The largest absolute Gasteiger partial charge is 0.309 e. The molecule has 0 amide bonds. The molecule has 1 aliphatic rings. The number of rotatable bonds is 5. The van der Waals surface area contributed by atoms with Crippen LogP contribution in [0.1, 0.15) is 30.5 Å². The molecule has 22 heavy (non-hydrogen) atoms. The SMILES string of the molecule is CC(C1=C(CCN(C)C)Cc2cc(F)ccc21)n1ccnn1. The minimum atomic E-state index is -0.166. The summed E-state index contributed by atoms with van der Waals surface area (Å²) in [5.41, 5.74) is 4.87. The van der Waals surface area contributed by atoms with Gasteiger partial charge in [0.15, 0.2) is 0 Å². The maximum atomic E-state index is 13.6. The lowest BCUT2D eigenvalue weighted by Gasteiger charge is -2.18. The van der Waals surface area contributed by atoms with Gasteiger partial charge >= 0.3 is 0 Å². The number of halogens is 1. The molecular weight excluding hydrogens is 279 g/mol. The van der Waals surface area contributed by atoms with E-state index in [2.05, 4.69) is 36.2 Å². The van der Waals surface area contributed by atoms with Crippen molar-refractivity contribution in [3.63, 3.8) is 0 Å². The van der Waals surface area contributed by atoms with Gasteiger partial charge in [-0.25, -0.2) is 9.07 Å². The topological polar surface area (TPSA) is 34.0 Å². The molecule has 1 aromatic heterocycles. The Hall–Kier alpha value is -2.01. The first kappa shape index (κ1) is 14.9. The number of allylic oxidation sites excluding steroid dienone is 1. The van der Waals surface area contributed by atoms with Crippen molar-refractivity contribution >= 4 is 5.57 Å². The van der Waals surface area contributed by atoms with Gasteiger partial charge in [-0.3, -0.25) is 0 Å². The Morgan fingerprint density at radius 1 is 1.36 bits per heavy atom. The average molecular weight is 300 g/mol. The van der Waals surface area contributed by atoms with Crippen LogP contribution in [-0.2, 0) is 6.42 Å². The van der Waals surface area contributed by atoms with Crippen molar-refractivity contribution in [2.24, 2.45) is 0 Å². The third-order valence-corrected chi connectivity index (χ3v) is 4.26. The molecule has 0 saturated carbocycles. The first-order chi connectivity index (χ1) is 10.6. The number of benzene rings is 1. The van der Waals surface area contributed by atoms with Crippen molar-refractivity contribution in [2.45, 2.75) is 25.8 Å². The molecule has 0 aliphatic heterocycles. The fourth-order valence-corrected chi connectivity index (χ4v) is 3.15. The number of aromatic nitrogens is 3. The van der Waals surface area contributed by atoms with Crippen LogP contribution in [0, 0.1) is 5.82 Å². The van der Waals surface area contributed by atoms with Crippen LogP contribution < -0.4 is 0 Å². The minimum absolute atomic E-state index is 0.103. The summed E-state index contributed by atoms with van der Waals surface area (Å²) in [7, 11) is 4.14. The highest BCUT2D eigenvalue weighted by atomic mass is 19.1. The molecule has 1 aromatic carbocycles. The predicted octanol–water partition coefficient (Wildman–Crippen LogP) is 2.94. The zero-order valence-corrected chi connectivity index (χ0v) is 13.3. The van der Waals surface area contributed by atoms with Crippen LogP contribution in [0.25, 0.3) is 5.57 Å². The van der Waals surface area contributed by atoms with E-state index in [0.717, 1.165) is 30.5 Å². The molecule has 0 N–H and O–H groups in total. The van der Waals surface area contributed by atoms with Crippen LogP contribution in [0.3, 0.4) is 0 Å². The van der Waals surface area contributed by atoms with Gasteiger partial charge in [-0.05, 0) is 62.7 Å². The summed E-state index contributed by atoms with van der Waals surface area (Å²) in [6.07, 6.45) is 5.38. The van der Waals surface area contributed by atoms with Gasteiger partial charge in [-0.1, -0.05) is 16.9 Å². The van der Waals surface area contributed by atoms with Crippen LogP contribution in [0.2, 0.25) is 0 Å². The van der Waals surface area contributed by atoms with Crippen LogP contribution >= 0.6 is 0 Å². The van der Waals surface area contributed by atoms with E-state index in [-0.39, 0.29) is 11.9 Å². The summed E-state index contributed by atoms with van der Waals surface area (Å²) >= 11 is 0. The van der Waals surface area contributed by atoms with Crippen molar-refractivity contribution in [1.29, 1.82) is 0 Å². The molecule has 1 aliphatic carbocycles. The van der Waals surface area contributed by atoms with Crippen molar-refractivity contribution in [3.8, 4) is 0 Å². The minimum Gasteiger partial charge on any atom is -0.309 e. The Labute approximate surface area is 130 Å². The third kappa shape index (κ3) is 2.81. The Balaban J connectivity index is 1.99. The molecule has 0 saturated heterocycles. The van der Waals surface area contributed by atoms with E-state index < -0.39 is 0 Å². The van der Waals surface area contributed by atoms with Crippen LogP contribution in [0.15, 0.2) is 36.2 Å². The lowest BCUT2D eigenvalue weighted by Crippen LogP contribution is -2.15. The fraction of sp³-hybridized carbons (Fsp3) is 0.412. The number of fused-ring (bicyclic) bond motifs is 1. The number of hydrogen-bond donors (Lipinski definition) is 0. The molecule has 116 valence electrons. The summed E-state index contributed by atoms with van der Waals surface area (Å²) in [5.74, 6) is -0.166. The maximum Gasteiger partial charge on any atom is 0.123 e. The van der Waals surface area contributed by atoms with E-state index in [4.69, 9.17) is 0 Å². The second-order valence-electron chi connectivity index (χ2n) is 6.11. The highest BCUT2D eigenvalue weighted by Crippen LogP contribution is 2.40. The van der Waals surface area contributed by atoms with Crippen molar-refractivity contribution < 1.29 is 4.39 Å². The average Bonchev–Trinajstić information content (AvgIpc) is 3.11. The van der Waals surface area contributed by atoms with E-state index in [0.29, 0.717) is 0 Å². The van der Waals surface area contributed by atoms with Gasteiger partial charge in [0.25, 0.3) is 0 Å². The first-order valence-corrected chi connectivity index (χ1v) is 7.57. The van der Waals surface area contributed by atoms with E-state index in [1.165, 1.54) is 11.1 Å². The van der Waals surface area contributed by atoms with Gasteiger partial charge in [0.2, 0.25) is 0 Å². The second kappa shape index (κ2) is 6.01. The molecule has 1 heterocycles. The molecule has 0 spiro atoms.